The zero-order chi connectivity index (χ0) is 18.8. The molecule has 1 aliphatic heterocycles. The molecular formula is C23H26FN3. The van der Waals surface area contributed by atoms with E-state index in [1.165, 1.54) is 41.8 Å². The van der Waals surface area contributed by atoms with E-state index in [1.54, 1.807) is 0 Å². The number of aromatic nitrogens is 2. The molecule has 0 spiro atoms. The Morgan fingerprint density at radius 2 is 1.70 bits per heavy atom. The summed E-state index contributed by atoms with van der Waals surface area (Å²) in [4.78, 5) is 10.3. The van der Waals surface area contributed by atoms with E-state index in [0.29, 0.717) is 5.92 Å². The summed E-state index contributed by atoms with van der Waals surface area (Å²) >= 11 is 0. The molecule has 1 N–H and O–H groups in total. The number of aromatic amines is 1. The molecule has 0 bridgehead atoms. The van der Waals surface area contributed by atoms with Crippen molar-refractivity contribution in [1.29, 1.82) is 0 Å². The number of hydrogen-bond acceptors (Lipinski definition) is 2. The fourth-order valence-electron chi connectivity index (χ4n) is 4.24. The van der Waals surface area contributed by atoms with Gasteiger partial charge in [0.25, 0.3) is 0 Å². The van der Waals surface area contributed by atoms with Crippen LogP contribution in [0.3, 0.4) is 0 Å². The van der Waals surface area contributed by atoms with Crippen LogP contribution >= 0.6 is 0 Å². The predicted octanol–water partition coefficient (Wildman–Crippen LogP) is 5.25. The SMILES string of the molecule is CCc1c(C2CCN(C)CC2)[nH]c(-c2ccc(F)cc2)c1-c1ccncc1. The Morgan fingerprint density at radius 3 is 2.33 bits per heavy atom. The molecule has 0 amide bonds. The Balaban J connectivity index is 1.87. The van der Waals surface area contributed by atoms with Crippen LogP contribution < -0.4 is 0 Å². The summed E-state index contributed by atoms with van der Waals surface area (Å²) in [6.45, 7) is 4.48. The first kappa shape index (κ1) is 17.9. The first-order valence-electron chi connectivity index (χ1n) is 9.77. The van der Waals surface area contributed by atoms with E-state index in [9.17, 15) is 4.39 Å². The van der Waals surface area contributed by atoms with Crippen LogP contribution in [0, 0.1) is 5.82 Å². The number of likely N-dealkylation sites (tertiary alicyclic amines) is 1. The number of H-pyrrole nitrogens is 1. The van der Waals surface area contributed by atoms with Crippen molar-refractivity contribution in [3.8, 4) is 22.4 Å². The normalized spacial score (nSPS) is 16.0. The third kappa shape index (κ3) is 3.54. The van der Waals surface area contributed by atoms with Crippen molar-refractivity contribution in [1.82, 2.24) is 14.9 Å². The number of halogens is 1. The van der Waals surface area contributed by atoms with Crippen LogP contribution in [0.15, 0.2) is 48.8 Å². The fraction of sp³-hybridized carbons (Fsp3) is 0.348. The lowest BCUT2D eigenvalue weighted by Crippen LogP contribution is -2.29. The van der Waals surface area contributed by atoms with Crippen molar-refractivity contribution < 1.29 is 4.39 Å². The third-order valence-corrected chi connectivity index (χ3v) is 5.72. The van der Waals surface area contributed by atoms with Gasteiger partial charge in [0.15, 0.2) is 0 Å². The molecule has 4 heteroatoms. The Kier molecular flexibility index (Phi) is 5.08. The fourth-order valence-corrected chi connectivity index (χ4v) is 4.24. The summed E-state index contributed by atoms with van der Waals surface area (Å²) in [5, 5.41) is 0. The largest absolute Gasteiger partial charge is 0.357 e. The predicted molar refractivity (Wildman–Crippen MR) is 108 cm³/mol. The molecule has 1 aromatic carbocycles. The molecule has 1 fully saturated rings. The number of rotatable bonds is 4. The van der Waals surface area contributed by atoms with Gasteiger partial charge in [-0.05, 0) is 92.5 Å². The minimum Gasteiger partial charge on any atom is -0.357 e. The number of pyridine rings is 1. The monoisotopic (exact) mass is 363 g/mol. The van der Waals surface area contributed by atoms with Crippen LogP contribution in [0.2, 0.25) is 0 Å². The number of hydrogen-bond donors (Lipinski definition) is 1. The summed E-state index contributed by atoms with van der Waals surface area (Å²) in [7, 11) is 2.19. The topological polar surface area (TPSA) is 31.9 Å². The second kappa shape index (κ2) is 7.65. The van der Waals surface area contributed by atoms with Gasteiger partial charge in [0, 0.05) is 29.6 Å². The zero-order valence-electron chi connectivity index (χ0n) is 16.0. The minimum atomic E-state index is -0.206. The smallest absolute Gasteiger partial charge is 0.123 e. The van der Waals surface area contributed by atoms with Gasteiger partial charge in [-0.15, -0.1) is 0 Å². The van der Waals surface area contributed by atoms with Gasteiger partial charge in [0.2, 0.25) is 0 Å². The van der Waals surface area contributed by atoms with Gasteiger partial charge >= 0.3 is 0 Å². The molecule has 0 aliphatic carbocycles. The summed E-state index contributed by atoms with van der Waals surface area (Å²) < 4.78 is 13.5. The van der Waals surface area contributed by atoms with Crippen LogP contribution in [0.25, 0.3) is 22.4 Å². The van der Waals surface area contributed by atoms with Crippen molar-refractivity contribution in [3.63, 3.8) is 0 Å². The second-order valence-electron chi connectivity index (χ2n) is 7.44. The summed E-state index contributed by atoms with van der Waals surface area (Å²) in [6, 6.07) is 10.9. The van der Waals surface area contributed by atoms with Crippen LogP contribution in [0.4, 0.5) is 4.39 Å². The molecule has 2 aromatic heterocycles. The van der Waals surface area contributed by atoms with Crippen molar-refractivity contribution in [2.24, 2.45) is 0 Å². The highest BCUT2D eigenvalue weighted by molar-refractivity contribution is 5.85. The molecule has 0 saturated carbocycles. The van der Waals surface area contributed by atoms with Crippen LogP contribution in [-0.4, -0.2) is 35.0 Å². The van der Waals surface area contributed by atoms with E-state index < -0.39 is 0 Å². The highest BCUT2D eigenvalue weighted by Crippen LogP contribution is 2.41. The Morgan fingerprint density at radius 1 is 1.04 bits per heavy atom. The first-order chi connectivity index (χ1) is 13.2. The van der Waals surface area contributed by atoms with Crippen LogP contribution in [0.1, 0.15) is 36.9 Å². The maximum atomic E-state index is 13.5. The molecule has 1 saturated heterocycles. The Hall–Kier alpha value is -2.46. The lowest BCUT2D eigenvalue weighted by molar-refractivity contribution is 0.253. The second-order valence-corrected chi connectivity index (χ2v) is 7.44. The van der Waals surface area contributed by atoms with Crippen molar-refractivity contribution in [2.75, 3.05) is 20.1 Å². The lowest BCUT2D eigenvalue weighted by Gasteiger charge is -2.29. The van der Waals surface area contributed by atoms with E-state index in [4.69, 9.17) is 0 Å². The summed E-state index contributed by atoms with van der Waals surface area (Å²) in [5.41, 5.74) is 7.26. The van der Waals surface area contributed by atoms with E-state index in [1.807, 2.05) is 24.5 Å². The first-order valence-corrected chi connectivity index (χ1v) is 9.77. The highest BCUT2D eigenvalue weighted by atomic mass is 19.1. The van der Waals surface area contributed by atoms with Gasteiger partial charge in [0.05, 0.1) is 5.69 Å². The summed E-state index contributed by atoms with van der Waals surface area (Å²) in [5.74, 6) is 0.341. The molecule has 3 nitrogen and oxygen atoms in total. The molecule has 3 aromatic rings. The van der Waals surface area contributed by atoms with Gasteiger partial charge in [-0.3, -0.25) is 4.98 Å². The van der Waals surface area contributed by atoms with Gasteiger partial charge in [-0.25, -0.2) is 4.39 Å². The highest BCUT2D eigenvalue weighted by Gasteiger charge is 2.26. The van der Waals surface area contributed by atoms with Crippen molar-refractivity contribution >= 4 is 0 Å². The van der Waals surface area contributed by atoms with Crippen molar-refractivity contribution in [3.05, 3.63) is 65.9 Å². The molecule has 27 heavy (non-hydrogen) atoms. The molecule has 140 valence electrons. The third-order valence-electron chi connectivity index (χ3n) is 5.72. The molecule has 0 radical (unpaired) electrons. The standard InChI is InChI=1S/C23H26FN3/c1-3-20-21(16-8-12-25-13-9-16)23(17-4-6-19(24)7-5-17)26-22(20)18-10-14-27(2)15-11-18/h4-9,12-13,18,26H,3,10-11,14-15H2,1-2H3. The number of benzene rings is 1. The van der Waals surface area contributed by atoms with Gasteiger partial charge in [-0.1, -0.05) is 6.92 Å². The van der Waals surface area contributed by atoms with Crippen LogP contribution in [0.5, 0.6) is 0 Å². The van der Waals surface area contributed by atoms with Crippen molar-refractivity contribution in [2.45, 2.75) is 32.1 Å². The number of nitrogens with one attached hydrogen (secondary N) is 1. The van der Waals surface area contributed by atoms with Crippen LogP contribution in [-0.2, 0) is 6.42 Å². The van der Waals surface area contributed by atoms with Gasteiger partial charge in [-0.2, -0.15) is 0 Å². The van der Waals surface area contributed by atoms with E-state index in [0.717, 1.165) is 36.3 Å². The number of piperidine rings is 1. The van der Waals surface area contributed by atoms with Gasteiger partial charge < -0.3 is 9.88 Å². The molecule has 0 atom stereocenters. The van der Waals surface area contributed by atoms with E-state index >= 15 is 0 Å². The average Bonchev–Trinajstić information content (AvgIpc) is 3.09. The molecule has 3 heterocycles. The quantitative estimate of drug-likeness (QED) is 0.686. The zero-order valence-corrected chi connectivity index (χ0v) is 16.0. The number of nitrogens with zero attached hydrogens (tertiary/aromatic N) is 2. The lowest BCUT2D eigenvalue weighted by atomic mass is 9.88. The molecular weight excluding hydrogens is 337 g/mol. The molecule has 0 unspecified atom stereocenters. The Bertz CT molecular complexity index is 891. The van der Waals surface area contributed by atoms with E-state index in [2.05, 4.69) is 41.0 Å². The average molecular weight is 363 g/mol. The Labute approximate surface area is 160 Å². The maximum absolute atomic E-state index is 13.5. The van der Waals surface area contributed by atoms with E-state index in [-0.39, 0.29) is 5.82 Å². The maximum Gasteiger partial charge on any atom is 0.123 e. The summed E-state index contributed by atoms with van der Waals surface area (Å²) in [6.07, 6.45) is 6.99. The molecule has 4 rings (SSSR count). The molecule has 1 aliphatic rings. The van der Waals surface area contributed by atoms with Gasteiger partial charge in [0.1, 0.15) is 5.82 Å². The minimum absolute atomic E-state index is 0.206.